The van der Waals surface area contributed by atoms with Crippen molar-refractivity contribution in [1.82, 2.24) is 15.0 Å². The smallest absolute Gasteiger partial charge is 0.241 e. The van der Waals surface area contributed by atoms with Crippen LogP contribution in [-0.2, 0) is 4.79 Å². The third kappa shape index (κ3) is 3.48. The molecule has 0 unspecified atom stereocenters. The Morgan fingerprint density at radius 3 is 2.68 bits per heavy atom. The van der Waals surface area contributed by atoms with E-state index in [1.165, 1.54) is 6.08 Å². The number of rotatable bonds is 5. The summed E-state index contributed by atoms with van der Waals surface area (Å²) < 4.78 is 0. The van der Waals surface area contributed by atoms with Crippen LogP contribution in [0.4, 0.5) is 5.82 Å². The summed E-state index contributed by atoms with van der Waals surface area (Å²) in [6, 6.07) is 14.0. The summed E-state index contributed by atoms with van der Waals surface area (Å²) >= 11 is 0. The maximum Gasteiger partial charge on any atom is 0.241 e. The minimum absolute atomic E-state index is 0.469. The number of aromatic amines is 1. The van der Waals surface area contributed by atoms with Crippen LogP contribution in [0.25, 0.3) is 39.4 Å². The van der Waals surface area contributed by atoms with Gasteiger partial charge in [0.1, 0.15) is 11.5 Å². The monoisotopic (exact) mass is 369 g/mol. The van der Waals surface area contributed by atoms with Gasteiger partial charge < -0.3 is 16.0 Å². The van der Waals surface area contributed by atoms with Crippen LogP contribution in [0.1, 0.15) is 5.56 Å². The molecule has 4 rings (SSSR count). The minimum atomic E-state index is -0.469. The molecular formula is C22H19N5O. The quantitative estimate of drug-likeness (QED) is 0.466. The lowest BCUT2D eigenvalue weighted by atomic mass is 10.0. The van der Waals surface area contributed by atoms with Gasteiger partial charge >= 0.3 is 0 Å². The van der Waals surface area contributed by atoms with E-state index in [0.29, 0.717) is 0 Å². The number of nitrogens with two attached hydrogens (primary N) is 1. The van der Waals surface area contributed by atoms with Crippen molar-refractivity contribution in [3.8, 4) is 22.3 Å². The Kier molecular flexibility index (Phi) is 4.60. The molecular weight excluding hydrogens is 350 g/mol. The molecule has 138 valence electrons. The Morgan fingerprint density at radius 1 is 1.07 bits per heavy atom. The number of nitrogens with one attached hydrogen (secondary N) is 2. The normalized spacial score (nSPS) is 11.2. The minimum Gasteiger partial charge on any atom is -0.373 e. The number of aromatic nitrogens is 3. The zero-order valence-electron chi connectivity index (χ0n) is 15.3. The van der Waals surface area contributed by atoms with Crippen LogP contribution in [0.3, 0.4) is 0 Å². The number of hydrogen-bond acceptors (Lipinski definition) is 4. The Morgan fingerprint density at radius 2 is 1.93 bits per heavy atom. The van der Waals surface area contributed by atoms with Gasteiger partial charge in [-0.3, -0.25) is 4.79 Å². The van der Waals surface area contributed by atoms with Gasteiger partial charge in [0, 0.05) is 53.8 Å². The van der Waals surface area contributed by atoms with Crippen molar-refractivity contribution >= 4 is 28.8 Å². The lowest BCUT2D eigenvalue weighted by Gasteiger charge is -2.05. The van der Waals surface area contributed by atoms with Crippen molar-refractivity contribution in [1.29, 1.82) is 0 Å². The average molecular weight is 369 g/mol. The van der Waals surface area contributed by atoms with Crippen LogP contribution in [0.2, 0.25) is 0 Å². The fourth-order valence-corrected chi connectivity index (χ4v) is 3.10. The molecule has 0 fully saturated rings. The summed E-state index contributed by atoms with van der Waals surface area (Å²) in [5, 5.41) is 4.05. The van der Waals surface area contributed by atoms with Gasteiger partial charge in [0.05, 0.1) is 0 Å². The summed E-state index contributed by atoms with van der Waals surface area (Å²) in [5.41, 5.74) is 11.0. The number of hydrogen-bond donors (Lipinski definition) is 3. The topological polar surface area (TPSA) is 96.7 Å². The van der Waals surface area contributed by atoms with Gasteiger partial charge in [0.25, 0.3) is 0 Å². The number of primary amides is 1. The molecule has 0 bridgehead atoms. The van der Waals surface area contributed by atoms with E-state index in [4.69, 9.17) is 5.73 Å². The molecule has 3 aromatic heterocycles. The highest BCUT2D eigenvalue weighted by Crippen LogP contribution is 2.31. The number of amides is 1. The molecule has 3 heterocycles. The average Bonchev–Trinajstić information content (AvgIpc) is 3.16. The van der Waals surface area contributed by atoms with E-state index in [2.05, 4.69) is 26.3 Å². The number of anilines is 1. The first-order valence-corrected chi connectivity index (χ1v) is 8.83. The van der Waals surface area contributed by atoms with E-state index >= 15 is 0 Å². The second kappa shape index (κ2) is 7.36. The second-order valence-corrected chi connectivity index (χ2v) is 6.37. The first kappa shape index (κ1) is 17.5. The van der Waals surface area contributed by atoms with Crippen LogP contribution in [0, 0.1) is 0 Å². The molecule has 4 aromatic rings. The van der Waals surface area contributed by atoms with E-state index in [0.717, 1.165) is 44.7 Å². The molecule has 4 N–H and O–H groups in total. The molecule has 0 aliphatic heterocycles. The first-order valence-electron chi connectivity index (χ1n) is 8.83. The summed E-state index contributed by atoms with van der Waals surface area (Å²) in [4.78, 5) is 23.1. The highest BCUT2D eigenvalue weighted by Gasteiger charge is 2.10. The first-order chi connectivity index (χ1) is 13.6. The lowest BCUT2D eigenvalue weighted by molar-refractivity contribution is -0.113. The van der Waals surface area contributed by atoms with E-state index in [1.807, 2.05) is 62.0 Å². The number of fused-ring (bicyclic) bond motifs is 1. The fourth-order valence-electron chi connectivity index (χ4n) is 3.10. The zero-order valence-corrected chi connectivity index (χ0v) is 15.3. The number of pyridine rings is 2. The Balaban J connectivity index is 1.75. The highest BCUT2D eigenvalue weighted by atomic mass is 16.1. The molecule has 0 aliphatic carbocycles. The van der Waals surface area contributed by atoms with Crippen LogP contribution in [-0.4, -0.2) is 27.9 Å². The number of benzene rings is 1. The second-order valence-electron chi connectivity index (χ2n) is 6.37. The molecule has 0 atom stereocenters. The summed E-state index contributed by atoms with van der Waals surface area (Å²) in [5.74, 6) is 0.353. The van der Waals surface area contributed by atoms with Crippen LogP contribution >= 0.6 is 0 Å². The number of nitrogens with zero attached hydrogens (tertiary/aromatic N) is 2. The third-order valence-electron chi connectivity index (χ3n) is 4.52. The van der Waals surface area contributed by atoms with Crippen molar-refractivity contribution in [2.45, 2.75) is 0 Å². The molecule has 1 aromatic carbocycles. The maximum atomic E-state index is 11.0. The van der Waals surface area contributed by atoms with Crippen LogP contribution in [0.15, 0.2) is 67.1 Å². The predicted octanol–water partition coefficient (Wildman–Crippen LogP) is 3.83. The molecule has 6 heteroatoms. The van der Waals surface area contributed by atoms with Crippen molar-refractivity contribution in [2.75, 3.05) is 12.4 Å². The van der Waals surface area contributed by atoms with Crippen LogP contribution in [0.5, 0.6) is 0 Å². The summed E-state index contributed by atoms with van der Waals surface area (Å²) in [6.45, 7) is 0. The van der Waals surface area contributed by atoms with E-state index in [-0.39, 0.29) is 0 Å². The Labute approximate surface area is 162 Å². The van der Waals surface area contributed by atoms with Gasteiger partial charge in [-0.2, -0.15) is 0 Å². The lowest BCUT2D eigenvalue weighted by Crippen LogP contribution is -2.05. The van der Waals surface area contributed by atoms with Crippen molar-refractivity contribution < 1.29 is 4.79 Å². The van der Waals surface area contributed by atoms with Gasteiger partial charge in [0.2, 0.25) is 5.91 Å². The number of carbonyl (C=O) groups excluding carboxylic acids is 1. The molecule has 0 radical (unpaired) electrons. The molecule has 6 nitrogen and oxygen atoms in total. The summed E-state index contributed by atoms with van der Waals surface area (Å²) in [6.07, 6.45) is 8.68. The Bertz CT molecular complexity index is 1180. The molecule has 0 aliphatic rings. The highest BCUT2D eigenvalue weighted by molar-refractivity contribution is 5.96. The standard InChI is InChI=1S/C22H19N5O/c1-24-21-8-6-16(11-25-21)19-13-27-22-18(19)10-17(12-26-22)15-4-2-3-14(9-15)5-7-20(23)28/h2-13H,1H3,(H2,23,28)(H,24,25)(H,26,27). The van der Waals surface area contributed by atoms with Gasteiger partial charge in [-0.1, -0.05) is 18.2 Å². The Hall–Kier alpha value is -3.93. The molecule has 0 saturated heterocycles. The molecule has 0 spiro atoms. The van der Waals surface area contributed by atoms with E-state index < -0.39 is 5.91 Å². The molecule has 28 heavy (non-hydrogen) atoms. The van der Waals surface area contributed by atoms with Gasteiger partial charge in [-0.05, 0) is 41.5 Å². The van der Waals surface area contributed by atoms with Gasteiger partial charge in [-0.25, -0.2) is 9.97 Å². The summed E-state index contributed by atoms with van der Waals surface area (Å²) in [7, 11) is 1.84. The molecule has 0 saturated carbocycles. The van der Waals surface area contributed by atoms with Crippen molar-refractivity contribution in [3.63, 3.8) is 0 Å². The van der Waals surface area contributed by atoms with E-state index in [9.17, 15) is 4.79 Å². The zero-order chi connectivity index (χ0) is 19.5. The van der Waals surface area contributed by atoms with Gasteiger partial charge in [0.15, 0.2) is 0 Å². The van der Waals surface area contributed by atoms with E-state index in [1.54, 1.807) is 6.08 Å². The predicted molar refractivity (Wildman–Crippen MR) is 113 cm³/mol. The largest absolute Gasteiger partial charge is 0.373 e. The van der Waals surface area contributed by atoms with Crippen LogP contribution < -0.4 is 11.1 Å². The van der Waals surface area contributed by atoms with Gasteiger partial charge in [-0.15, -0.1) is 0 Å². The SMILES string of the molecule is CNc1ccc(-c2c[nH]c3ncc(-c4cccc(C=CC(N)=O)c4)cc23)cn1. The molecule has 1 amide bonds. The maximum absolute atomic E-state index is 11.0. The number of carbonyl (C=O) groups is 1. The van der Waals surface area contributed by atoms with Crippen molar-refractivity contribution in [2.24, 2.45) is 5.73 Å². The number of H-pyrrole nitrogens is 1. The third-order valence-corrected chi connectivity index (χ3v) is 4.52. The van der Waals surface area contributed by atoms with Crippen molar-refractivity contribution in [3.05, 3.63) is 72.7 Å². The fraction of sp³-hybridized carbons (Fsp3) is 0.0455.